The third kappa shape index (κ3) is 3.41. The molecule has 2 rings (SSSR count). The summed E-state index contributed by atoms with van der Waals surface area (Å²) in [5.41, 5.74) is 0. The van der Waals surface area contributed by atoms with Gasteiger partial charge in [-0.25, -0.2) is 0 Å². The molecule has 0 bridgehead atoms. The molecule has 0 saturated carbocycles. The van der Waals surface area contributed by atoms with Gasteiger partial charge in [0, 0.05) is 6.92 Å². The van der Waals surface area contributed by atoms with Crippen LogP contribution in [0, 0.1) is 0 Å². The Kier molecular flexibility index (Phi) is 4.11. The van der Waals surface area contributed by atoms with E-state index in [0.29, 0.717) is 15.2 Å². The van der Waals surface area contributed by atoms with Crippen LogP contribution in [-0.2, 0) is 4.79 Å². The lowest BCUT2D eigenvalue weighted by Gasteiger charge is -1.94. The van der Waals surface area contributed by atoms with Gasteiger partial charge in [0.05, 0.1) is 12.0 Å². The minimum Gasteiger partial charge on any atom is -0.461 e. The molecule has 2 aromatic heterocycles. The lowest BCUT2D eigenvalue weighted by molar-refractivity contribution is -0.114. The molecule has 0 aliphatic rings. The zero-order chi connectivity index (χ0) is 13.0. The summed E-state index contributed by atoms with van der Waals surface area (Å²) in [4.78, 5) is 22.4. The first kappa shape index (κ1) is 12.8. The Morgan fingerprint density at radius 1 is 1.50 bits per heavy atom. The van der Waals surface area contributed by atoms with Crippen molar-refractivity contribution in [1.29, 1.82) is 0 Å². The smallest absolute Gasteiger partial charge is 0.223 e. The highest BCUT2D eigenvalue weighted by Gasteiger charge is 2.12. The standard InChI is InChI=1S/C10H9N3O3S2/c1-6(14)11-9-12-13-10(18-9)17-5-7(15)8-3-2-4-16-8/h2-4H,5H2,1H3,(H,11,12,14). The minimum atomic E-state index is -0.200. The Morgan fingerprint density at radius 2 is 2.33 bits per heavy atom. The highest BCUT2D eigenvalue weighted by atomic mass is 32.2. The first-order valence-corrected chi connectivity index (χ1v) is 6.76. The number of rotatable bonds is 5. The summed E-state index contributed by atoms with van der Waals surface area (Å²) in [6.07, 6.45) is 1.46. The van der Waals surface area contributed by atoms with Crippen LogP contribution in [0.4, 0.5) is 5.13 Å². The number of amides is 1. The lowest BCUT2D eigenvalue weighted by Crippen LogP contribution is -2.04. The Balaban J connectivity index is 1.88. The molecule has 94 valence electrons. The molecule has 2 heterocycles. The molecule has 0 unspecified atom stereocenters. The Hall–Kier alpha value is -1.67. The van der Waals surface area contributed by atoms with Gasteiger partial charge in [-0.05, 0) is 12.1 Å². The van der Waals surface area contributed by atoms with Gasteiger partial charge >= 0.3 is 0 Å². The number of hydrogen-bond donors (Lipinski definition) is 1. The summed E-state index contributed by atoms with van der Waals surface area (Å²) in [5.74, 6) is 0.243. The second-order valence-corrected chi connectivity index (χ2v) is 5.44. The normalized spacial score (nSPS) is 10.3. The number of nitrogens with one attached hydrogen (secondary N) is 1. The molecule has 1 N–H and O–H groups in total. The van der Waals surface area contributed by atoms with Crippen molar-refractivity contribution in [3.63, 3.8) is 0 Å². The molecule has 0 spiro atoms. The molecule has 2 aromatic rings. The van der Waals surface area contributed by atoms with Crippen LogP contribution in [0.1, 0.15) is 17.5 Å². The van der Waals surface area contributed by atoms with Gasteiger partial charge in [0.15, 0.2) is 10.1 Å². The largest absolute Gasteiger partial charge is 0.461 e. The summed E-state index contributed by atoms with van der Waals surface area (Å²) in [7, 11) is 0. The molecule has 0 atom stereocenters. The van der Waals surface area contributed by atoms with Gasteiger partial charge in [-0.1, -0.05) is 23.1 Å². The van der Waals surface area contributed by atoms with E-state index in [-0.39, 0.29) is 17.4 Å². The third-order valence-electron chi connectivity index (χ3n) is 1.81. The van der Waals surface area contributed by atoms with Crippen molar-refractivity contribution in [1.82, 2.24) is 10.2 Å². The minimum absolute atomic E-state index is 0.110. The molecule has 1 amide bonds. The fourth-order valence-electron chi connectivity index (χ4n) is 1.10. The molecule has 0 aliphatic heterocycles. The van der Waals surface area contributed by atoms with Gasteiger partial charge in [-0.15, -0.1) is 10.2 Å². The van der Waals surface area contributed by atoms with E-state index in [1.165, 1.54) is 36.3 Å². The third-order valence-corrected chi connectivity index (χ3v) is 3.78. The van der Waals surface area contributed by atoms with Crippen LogP contribution in [0.3, 0.4) is 0 Å². The molecule has 0 fully saturated rings. The van der Waals surface area contributed by atoms with E-state index in [1.54, 1.807) is 12.1 Å². The van der Waals surface area contributed by atoms with Crippen LogP contribution in [0.2, 0.25) is 0 Å². The van der Waals surface area contributed by atoms with Crippen molar-refractivity contribution >= 4 is 39.9 Å². The molecule has 8 heteroatoms. The number of anilines is 1. The van der Waals surface area contributed by atoms with Crippen molar-refractivity contribution in [2.45, 2.75) is 11.3 Å². The fraction of sp³-hybridized carbons (Fsp3) is 0.200. The number of furan rings is 1. The van der Waals surface area contributed by atoms with E-state index >= 15 is 0 Å². The summed E-state index contributed by atoms with van der Waals surface area (Å²) in [6.45, 7) is 1.40. The molecule has 0 radical (unpaired) electrons. The highest BCUT2D eigenvalue weighted by Crippen LogP contribution is 2.26. The molecule has 0 aliphatic carbocycles. The van der Waals surface area contributed by atoms with Gasteiger partial charge in [-0.2, -0.15) is 0 Å². The molecular weight excluding hydrogens is 274 g/mol. The Morgan fingerprint density at radius 3 is 3.00 bits per heavy atom. The number of thioether (sulfide) groups is 1. The fourth-order valence-corrected chi connectivity index (χ4v) is 2.77. The zero-order valence-electron chi connectivity index (χ0n) is 9.37. The number of hydrogen-bond acceptors (Lipinski definition) is 7. The van der Waals surface area contributed by atoms with Crippen molar-refractivity contribution in [3.8, 4) is 0 Å². The molecule has 18 heavy (non-hydrogen) atoms. The maximum absolute atomic E-state index is 11.6. The first-order valence-electron chi connectivity index (χ1n) is 4.96. The summed E-state index contributed by atoms with van der Waals surface area (Å²) < 4.78 is 5.61. The van der Waals surface area contributed by atoms with Crippen LogP contribution in [0.25, 0.3) is 0 Å². The predicted octanol–water partition coefficient (Wildman–Crippen LogP) is 2.06. The molecule has 6 nitrogen and oxygen atoms in total. The molecule has 0 aromatic carbocycles. The summed E-state index contributed by atoms with van der Waals surface area (Å²) in [6, 6.07) is 3.28. The monoisotopic (exact) mass is 283 g/mol. The topological polar surface area (TPSA) is 85.1 Å². The predicted molar refractivity (Wildman–Crippen MR) is 68.0 cm³/mol. The average molecular weight is 283 g/mol. The summed E-state index contributed by atoms with van der Waals surface area (Å²) >= 11 is 2.49. The van der Waals surface area contributed by atoms with E-state index in [0.717, 1.165) is 0 Å². The van der Waals surface area contributed by atoms with E-state index < -0.39 is 0 Å². The van der Waals surface area contributed by atoms with Crippen LogP contribution < -0.4 is 5.32 Å². The highest BCUT2D eigenvalue weighted by molar-refractivity contribution is 8.01. The number of nitrogens with zero attached hydrogens (tertiary/aromatic N) is 2. The van der Waals surface area contributed by atoms with E-state index in [1.807, 2.05) is 0 Å². The van der Waals surface area contributed by atoms with Crippen LogP contribution >= 0.6 is 23.1 Å². The van der Waals surface area contributed by atoms with Gasteiger partial charge in [0.1, 0.15) is 0 Å². The van der Waals surface area contributed by atoms with Crippen molar-refractivity contribution in [2.24, 2.45) is 0 Å². The van der Waals surface area contributed by atoms with Crippen molar-refractivity contribution in [2.75, 3.05) is 11.1 Å². The van der Waals surface area contributed by atoms with Crippen LogP contribution in [0.15, 0.2) is 27.2 Å². The van der Waals surface area contributed by atoms with E-state index in [2.05, 4.69) is 15.5 Å². The lowest BCUT2D eigenvalue weighted by atomic mass is 10.3. The van der Waals surface area contributed by atoms with Gasteiger partial charge in [-0.3, -0.25) is 9.59 Å². The zero-order valence-corrected chi connectivity index (χ0v) is 11.0. The van der Waals surface area contributed by atoms with Crippen molar-refractivity contribution in [3.05, 3.63) is 24.2 Å². The van der Waals surface area contributed by atoms with E-state index in [9.17, 15) is 9.59 Å². The summed E-state index contributed by atoms with van der Waals surface area (Å²) in [5, 5.41) is 10.6. The van der Waals surface area contributed by atoms with Crippen LogP contribution in [-0.4, -0.2) is 27.6 Å². The second kappa shape index (κ2) is 5.78. The Labute approximate surface area is 111 Å². The van der Waals surface area contributed by atoms with E-state index in [4.69, 9.17) is 4.42 Å². The van der Waals surface area contributed by atoms with Gasteiger partial charge < -0.3 is 9.73 Å². The number of aromatic nitrogens is 2. The molecule has 0 saturated heterocycles. The Bertz CT molecular complexity index is 550. The number of carbonyl (C=O) groups excluding carboxylic acids is 2. The number of carbonyl (C=O) groups is 2. The van der Waals surface area contributed by atoms with Crippen molar-refractivity contribution < 1.29 is 14.0 Å². The first-order chi connectivity index (χ1) is 8.65. The SMILES string of the molecule is CC(=O)Nc1nnc(SCC(=O)c2ccco2)s1. The molecular formula is C10H9N3O3S2. The van der Waals surface area contributed by atoms with Gasteiger partial charge in [0.25, 0.3) is 0 Å². The van der Waals surface area contributed by atoms with Gasteiger partial charge in [0.2, 0.25) is 16.8 Å². The second-order valence-electron chi connectivity index (χ2n) is 3.24. The maximum atomic E-state index is 11.6. The average Bonchev–Trinajstić information content (AvgIpc) is 2.95. The van der Waals surface area contributed by atoms with Crippen LogP contribution in [0.5, 0.6) is 0 Å². The maximum Gasteiger partial charge on any atom is 0.223 e. The quantitative estimate of drug-likeness (QED) is 0.513. The number of ketones is 1. The number of Topliss-reactive ketones (excluding diaryl/α,β-unsaturated/α-hetero) is 1.